The molecular formula is C10H16N6O. The summed E-state index contributed by atoms with van der Waals surface area (Å²) in [6, 6.07) is 0.732. The van der Waals surface area contributed by atoms with E-state index in [1.54, 1.807) is 0 Å². The minimum Gasteiger partial charge on any atom is -0.366 e. The maximum atomic E-state index is 11.9. The fourth-order valence-electron chi connectivity index (χ4n) is 2.86. The van der Waals surface area contributed by atoms with E-state index in [2.05, 4.69) is 25.4 Å². The number of amides is 1. The van der Waals surface area contributed by atoms with E-state index in [1.165, 1.54) is 12.8 Å². The van der Waals surface area contributed by atoms with Crippen LogP contribution in [0.15, 0.2) is 0 Å². The van der Waals surface area contributed by atoms with Crippen molar-refractivity contribution >= 4 is 11.9 Å². The van der Waals surface area contributed by atoms with Crippen molar-refractivity contribution in [1.29, 1.82) is 0 Å². The predicted molar refractivity (Wildman–Crippen MR) is 61.3 cm³/mol. The van der Waals surface area contributed by atoms with Crippen molar-refractivity contribution in [1.82, 2.24) is 25.4 Å². The first-order chi connectivity index (χ1) is 8.24. The second-order valence-corrected chi connectivity index (χ2v) is 4.66. The topological polar surface area (TPSA) is 99.9 Å². The third-order valence-corrected chi connectivity index (χ3v) is 3.64. The average Bonchev–Trinajstić information content (AvgIpc) is 2.96. The van der Waals surface area contributed by atoms with Gasteiger partial charge in [-0.2, -0.15) is 4.98 Å². The Morgan fingerprint density at radius 3 is 3.12 bits per heavy atom. The van der Waals surface area contributed by atoms with Crippen molar-refractivity contribution in [3.63, 3.8) is 0 Å². The first-order valence-corrected chi connectivity index (χ1v) is 5.97. The highest BCUT2D eigenvalue weighted by Crippen LogP contribution is 2.27. The molecule has 2 fully saturated rings. The van der Waals surface area contributed by atoms with E-state index in [1.807, 2.05) is 0 Å². The van der Waals surface area contributed by atoms with Crippen molar-refractivity contribution in [2.45, 2.75) is 31.3 Å². The predicted octanol–water partition coefficient (Wildman–Crippen LogP) is -0.647. The van der Waals surface area contributed by atoms with E-state index in [0.29, 0.717) is 6.04 Å². The molecule has 1 amide bonds. The van der Waals surface area contributed by atoms with E-state index in [0.717, 1.165) is 19.5 Å². The zero-order valence-corrected chi connectivity index (χ0v) is 9.52. The molecule has 0 aromatic carbocycles. The molecule has 7 nitrogen and oxygen atoms in total. The third kappa shape index (κ3) is 1.86. The smallest absolute Gasteiger partial charge is 0.288 e. The van der Waals surface area contributed by atoms with Crippen molar-refractivity contribution < 1.29 is 4.79 Å². The Morgan fingerprint density at radius 2 is 2.35 bits per heavy atom. The second-order valence-electron chi connectivity index (χ2n) is 4.66. The first kappa shape index (κ1) is 10.5. The van der Waals surface area contributed by atoms with Crippen LogP contribution < -0.4 is 11.1 Å². The second kappa shape index (κ2) is 3.99. The summed E-state index contributed by atoms with van der Waals surface area (Å²) in [5.41, 5.74) is 5.37. The number of fused-ring (bicyclic) bond motifs is 1. The number of nitrogen functional groups attached to an aromatic ring is 1. The number of anilines is 1. The molecule has 0 aliphatic carbocycles. The summed E-state index contributed by atoms with van der Waals surface area (Å²) >= 11 is 0. The molecule has 4 N–H and O–H groups in total. The zero-order chi connectivity index (χ0) is 11.8. The van der Waals surface area contributed by atoms with Gasteiger partial charge in [-0.05, 0) is 25.8 Å². The molecule has 2 saturated heterocycles. The lowest BCUT2D eigenvalue weighted by Gasteiger charge is -2.20. The van der Waals surface area contributed by atoms with Crippen LogP contribution in [-0.2, 0) is 0 Å². The molecule has 3 heterocycles. The van der Waals surface area contributed by atoms with Crippen LogP contribution in [0.1, 0.15) is 29.9 Å². The number of carbonyl (C=O) groups excluding carboxylic acids is 1. The Kier molecular flexibility index (Phi) is 2.47. The quantitative estimate of drug-likeness (QED) is 0.634. The number of aromatic amines is 1. The number of aromatic nitrogens is 3. The molecule has 2 atom stereocenters. The molecular weight excluding hydrogens is 220 g/mol. The van der Waals surface area contributed by atoms with E-state index in [-0.39, 0.29) is 23.7 Å². The summed E-state index contributed by atoms with van der Waals surface area (Å²) in [6.07, 6.45) is 3.41. The van der Waals surface area contributed by atoms with Crippen LogP contribution >= 0.6 is 0 Å². The summed E-state index contributed by atoms with van der Waals surface area (Å²) in [7, 11) is 0. The molecule has 2 aliphatic rings. The highest BCUT2D eigenvalue weighted by molar-refractivity contribution is 5.90. The van der Waals surface area contributed by atoms with Crippen LogP contribution in [0.25, 0.3) is 0 Å². The van der Waals surface area contributed by atoms with Gasteiger partial charge in [-0.25, -0.2) is 0 Å². The third-order valence-electron chi connectivity index (χ3n) is 3.64. The van der Waals surface area contributed by atoms with E-state index in [9.17, 15) is 4.79 Å². The van der Waals surface area contributed by atoms with Gasteiger partial charge >= 0.3 is 0 Å². The summed E-state index contributed by atoms with van der Waals surface area (Å²) in [5, 5.41) is 9.19. The van der Waals surface area contributed by atoms with Gasteiger partial charge in [0.1, 0.15) is 0 Å². The van der Waals surface area contributed by atoms with E-state index in [4.69, 9.17) is 5.73 Å². The number of nitrogens with one attached hydrogen (secondary N) is 2. The van der Waals surface area contributed by atoms with Crippen molar-refractivity contribution in [2.75, 3.05) is 18.8 Å². The lowest BCUT2D eigenvalue weighted by Crippen LogP contribution is -2.42. The van der Waals surface area contributed by atoms with Gasteiger partial charge in [0.05, 0.1) is 0 Å². The molecule has 17 heavy (non-hydrogen) atoms. The largest absolute Gasteiger partial charge is 0.366 e. The molecule has 7 heteroatoms. The normalized spacial score (nSPS) is 28.2. The molecule has 0 bridgehead atoms. The number of nitrogens with two attached hydrogens (primary N) is 1. The fraction of sp³-hybridized carbons (Fsp3) is 0.700. The molecule has 0 radical (unpaired) electrons. The monoisotopic (exact) mass is 236 g/mol. The number of rotatable bonds is 2. The molecule has 2 aliphatic heterocycles. The number of hydrogen-bond donors (Lipinski definition) is 3. The van der Waals surface area contributed by atoms with Crippen LogP contribution in [0.5, 0.6) is 0 Å². The van der Waals surface area contributed by atoms with Crippen LogP contribution in [0, 0.1) is 0 Å². The van der Waals surface area contributed by atoms with Gasteiger partial charge < -0.3 is 11.1 Å². The fourth-order valence-corrected chi connectivity index (χ4v) is 2.86. The van der Waals surface area contributed by atoms with Crippen LogP contribution in [0.4, 0.5) is 5.95 Å². The average molecular weight is 236 g/mol. The number of nitrogens with zero attached hydrogens (tertiary/aromatic N) is 3. The van der Waals surface area contributed by atoms with Crippen molar-refractivity contribution in [3.8, 4) is 0 Å². The van der Waals surface area contributed by atoms with Crippen LogP contribution in [-0.4, -0.2) is 51.2 Å². The van der Waals surface area contributed by atoms with Gasteiger partial charge in [-0.3, -0.25) is 14.8 Å². The molecule has 3 rings (SSSR count). The number of carbonyl (C=O) groups is 1. The molecule has 0 saturated carbocycles. The van der Waals surface area contributed by atoms with Gasteiger partial charge in [0.15, 0.2) is 0 Å². The number of H-pyrrole nitrogens is 1. The molecule has 0 spiro atoms. The van der Waals surface area contributed by atoms with E-state index >= 15 is 0 Å². The summed E-state index contributed by atoms with van der Waals surface area (Å²) in [5.74, 6) is 0.0796. The molecule has 2 unspecified atom stereocenters. The standard InChI is InChI=1S/C10H16N6O/c11-10-13-8(14-15-10)9(17)12-6-3-5-16-4-1-2-7(6)16/h6-7H,1-5H2,(H,12,17)(H3,11,13,14,15). The van der Waals surface area contributed by atoms with E-state index < -0.39 is 0 Å². The zero-order valence-electron chi connectivity index (χ0n) is 9.52. The van der Waals surface area contributed by atoms with Gasteiger partial charge in [-0.15, -0.1) is 5.10 Å². The maximum absolute atomic E-state index is 11.9. The molecule has 1 aromatic heterocycles. The Bertz CT molecular complexity index is 430. The molecule has 1 aromatic rings. The Hall–Kier alpha value is -1.63. The first-order valence-electron chi connectivity index (χ1n) is 5.97. The van der Waals surface area contributed by atoms with Crippen LogP contribution in [0.3, 0.4) is 0 Å². The number of hydrogen-bond acceptors (Lipinski definition) is 5. The lowest BCUT2D eigenvalue weighted by molar-refractivity contribution is 0.0919. The van der Waals surface area contributed by atoms with Gasteiger partial charge in [0.25, 0.3) is 5.91 Å². The summed E-state index contributed by atoms with van der Waals surface area (Å²) < 4.78 is 0. The Morgan fingerprint density at radius 1 is 1.47 bits per heavy atom. The van der Waals surface area contributed by atoms with Gasteiger partial charge in [0.2, 0.25) is 11.8 Å². The maximum Gasteiger partial charge on any atom is 0.288 e. The minimum atomic E-state index is -0.215. The summed E-state index contributed by atoms with van der Waals surface area (Å²) in [6.45, 7) is 2.24. The lowest BCUT2D eigenvalue weighted by atomic mass is 10.1. The van der Waals surface area contributed by atoms with Gasteiger partial charge in [-0.1, -0.05) is 0 Å². The minimum absolute atomic E-state index is 0.101. The highest BCUT2D eigenvalue weighted by Gasteiger charge is 2.38. The Labute approximate surface area is 98.8 Å². The highest BCUT2D eigenvalue weighted by atomic mass is 16.2. The molecule has 92 valence electrons. The van der Waals surface area contributed by atoms with Crippen molar-refractivity contribution in [3.05, 3.63) is 5.82 Å². The Balaban J connectivity index is 1.65. The van der Waals surface area contributed by atoms with Gasteiger partial charge in [0, 0.05) is 18.6 Å². The van der Waals surface area contributed by atoms with Crippen LogP contribution in [0.2, 0.25) is 0 Å². The van der Waals surface area contributed by atoms with Crippen molar-refractivity contribution in [2.24, 2.45) is 0 Å². The summed E-state index contributed by atoms with van der Waals surface area (Å²) in [4.78, 5) is 18.2. The SMILES string of the molecule is Nc1n[nH]c(C(=O)NC2CCN3CCCC23)n1.